The smallest absolute Gasteiger partial charge is 0.285 e. The number of alkyl halides is 2. The second-order valence-electron chi connectivity index (χ2n) is 16.1. The van der Waals surface area contributed by atoms with E-state index >= 15 is 8.78 Å². The average Bonchev–Trinajstić information content (AvgIpc) is 3.41. The second kappa shape index (κ2) is 13.0. The fourth-order valence-electron chi connectivity index (χ4n) is 12.2. The molecule has 4 saturated carbocycles. The molecule has 0 N–H and O–H groups in total. The van der Waals surface area contributed by atoms with E-state index in [1.54, 1.807) is 0 Å². The van der Waals surface area contributed by atoms with Crippen LogP contribution in [0, 0.1) is 46.3 Å². The molecule has 0 heterocycles. The fraction of sp³-hybridized carbons (Fsp3) is 0.571. The Morgan fingerprint density at radius 3 is 1.74 bits per heavy atom. The lowest BCUT2D eigenvalue weighted by Gasteiger charge is -2.62. The van der Waals surface area contributed by atoms with Gasteiger partial charge in [-0.05, 0) is 128 Å². The summed E-state index contributed by atoms with van der Waals surface area (Å²) in [6, 6.07) is 31.4. The van der Waals surface area contributed by atoms with Gasteiger partial charge >= 0.3 is 0 Å². The predicted molar refractivity (Wildman–Crippen MR) is 189 cm³/mol. The van der Waals surface area contributed by atoms with Gasteiger partial charge in [0.15, 0.2) is 0 Å². The summed E-state index contributed by atoms with van der Waals surface area (Å²) in [7, 11) is -2.72. The van der Waals surface area contributed by atoms with Gasteiger partial charge in [-0.15, -0.1) is 0 Å². The van der Waals surface area contributed by atoms with E-state index in [9.17, 15) is 0 Å². The summed E-state index contributed by atoms with van der Waals surface area (Å²) in [4.78, 5) is 0. The van der Waals surface area contributed by atoms with E-state index in [0.717, 1.165) is 46.5 Å². The van der Waals surface area contributed by atoms with Crippen LogP contribution in [0.4, 0.5) is 8.78 Å². The first kappa shape index (κ1) is 34.3. The van der Waals surface area contributed by atoms with Crippen LogP contribution in [-0.4, -0.2) is 11.6 Å². The summed E-state index contributed by atoms with van der Waals surface area (Å²) in [5, 5.41) is 3.30. The number of hydrogen-bond acceptors (Lipinski definition) is 0. The summed E-state index contributed by atoms with van der Waals surface area (Å²) in [6.45, 7) is 9.98. The molecule has 3 aromatic carbocycles. The minimum Gasteiger partial charge on any atom is -1.00 e. The highest BCUT2D eigenvalue weighted by molar-refractivity contribution is 7.96. The molecule has 0 aromatic heterocycles. The SMILES string of the molecule is CCCC(C)C1CCC2C3CC[C@@H]4CC(F)(F)C([P+](c5ccccc5)(c5ccccc5)c5ccccc5)C[C@]4(C)C3CC[C@]12C.[Br-]. The highest BCUT2D eigenvalue weighted by atomic mass is 79.9. The molecule has 248 valence electrons. The van der Waals surface area contributed by atoms with Crippen LogP contribution in [0.3, 0.4) is 0 Å². The number of rotatable bonds is 7. The Kier molecular flexibility index (Phi) is 9.72. The van der Waals surface area contributed by atoms with E-state index in [1.165, 1.54) is 38.5 Å². The van der Waals surface area contributed by atoms with Crippen molar-refractivity contribution in [1.29, 1.82) is 0 Å². The monoisotopic (exact) mass is 706 g/mol. The maximum atomic E-state index is 17.3. The standard InChI is InChI=1S/C42H54F2P.BrH/c1-5-15-30(2)36-24-25-37-35-23-22-31-28-42(43,44)39(29-41(31,4)38(35)26-27-40(36,37)3)45(32-16-9-6-10-17-32,33-18-11-7-12-19-33)34-20-13-8-14-21-34;/h6-14,16-21,30-31,35-39H,5,15,22-29H2,1-4H3;1H/q+1;/p-1/t30?,31-,35?,36?,37?,38?,39?,40-,41+;/m1./s1. The van der Waals surface area contributed by atoms with E-state index < -0.39 is 18.8 Å². The third-order valence-corrected chi connectivity index (χ3v) is 19.0. The van der Waals surface area contributed by atoms with Crippen molar-refractivity contribution in [2.45, 2.75) is 103 Å². The van der Waals surface area contributed by atoms with Gasteiger partial charge in [0.05, 0.1) is 0 Å². The summed E-state index contributed by atoms with van der Waals surface area (Å²) in [6.07, 6.45) is 10.7. The largest absolute Gasteiger partial charge is 1.00 e. The molecular formula is C42H54BrF2P. The first-order valence-electron chi connectivity index (χ1n) is 18.1. The molecule has 3 aromatic rings. The van der Waals surface area contributed by atoms with Gasteiger partial charge in [-0.3, -0.25) is 0 Å². The molecule has 4 aliphatic carbocycles. The molecule has 0 saturated heterocycles. The quantitative estimate of drug-likeness (QED) is 0.221. The Labute approximate surface area is 288 Å². The molecule has 0 nitrogen and oxygen atoms in total. The summed E-state index contributed by atoms with van der Waals surface area (Å²) in [5.74, 6) is 0.991. The summed E-state index contributed by atoms with van der Waals surface area (Å²) in [5.41, 5.74) is -0.356. The maximum Gasteiger partial charge on any atom is 0.285 e. The Morgan fingerprint density at radius 2 is 1.22 bits per heavy atom. The van der Waals surface area contributed by atoms with Gasteiger partial charge in [0.25, 0.3) is 5.92 Å². The van der Waals surface area contributed by atoms with E-state index in [-0.39, 0.29) is 34.7 Å². The zero-order valence-electron chi connectivity index (χ0n) is 28.4. The van der Waals surface area contributed by atoms with Gasteiger partial charge in [0.1, 0.15) is 28.8 Å². The van der Waals surface area contributed by atoms with E-state index in [4.69, 9.17) is 0 Å². The zero-order chi connectivity index (χ0) is 31.5. The second-order valence-corrected chi connectivity index (χ2v) is 19.7. The van der Waals surface area contributed by atoms with Gasteiger partial charge in [0, 0.05) is 6.42 Å². The summed E-state index contributed by atoms with van der Waals surface area (Å²) < 4.78 is 34.6. The van der Waals surface area contributed by atoms with Crippen LogP contribution < -0.4 is 32.9 Å². The third kappa shape index (κ3) is 5.28. The van der Waals surface area contributed by atoms with Crippen LogP contribution in [-0.2, 0) is 0 Å². The van der Waals surface area contributed by atoms with Gasteiger partial charge < -0.3 is 17.0 Å². The van der Waals surface area contributed by atoms with Crippen LogP contribution in [0.2, 0.25) is 0 Å². The van der Waals surface area contributed by atoms with Crippen molar-refractivity contribution in [2.75, 3.05) is 0 Å². The Hall–Kier alpha value is -1.57. The van der Waals surface area contributed by atoms with Crippen molar-refractivity contribution in [1.82, 2.24) is 0 Å². The predicted octanol–water partition coefficient (Wildman–Crippen LogP) is 7.69. The molecule has 0 radical (unpaired) electrons. The Bertz CT molecular complexity index is 1350. The highest BCUT2D eigenvalue weighted by Gasteiger charge is 2.70. The molecule has 7 rings (SSSR count). The first-order valence-corrected chi connectivity index (χ1v) is 20.0. The molecule has 6 unspecified atom stereocenters. The minimum atomic E-state index is -2.73. The van der Waals surface area contributed by atoms with E-state index in [1.807, 2.05) is 18.2 Å². The van der Waals surface area contributed by atoms with Crippen LogP contribution in [0.25, 0.3) is 0 Å². The highest BCUT2D eigenvalue weighted by Crippen LogP contribution is 2.74. The van der Waals surface area contributed by atoms with Crippen molar-refractivity contribution in [3.8, 4) is 0 Å². The van der Waals surface area contributed by atoms with Crippen molar-refractivity contribution >= 4 is 23.2 Å². The molecule has 4 aliphatic rings. The van der Waals surface area contributed by atoms with Crippen LogP contribution in [0.1, 0.15) is 91.9 Å². The van der Waals surface area contributed by atoms with Gasteiger partial charge in [-0.2, -0.15) is 0 Å². The van der Waals surface area contributed by atoms with Crippen molar-refractivity contribution in [2.24, 2.45) is 46.3 Å². The lowest BCUT2D eigenvalue weighted by Crippen LogP contribution is -3.00. The lowest BCUT2D eigenvalue weighted by atomic mass is 9.44. The number of benzene rings is 3. The Balaban J connectivity index is 0.00000372. The number of halogens is 3. The normalized spacial score (nSPS) is 35.6. The molecule has 4 fully saturated rings. The van der Waals surface area contributed by atoms with Crippen LogP contribution in [0.5, 0.6) is 0 Å². The van der Waals surface area contributed by atoms with E-state index in [0.29, 0.717) is 23.7 Å². The van der Waals surface area contributed by atoms with Gasteiger partial charge in [-0.1, -0.05) is 95.1 Å². The topological polar surface area (TPSA) is 0 Å². The van der Waals surface area contributed by atoms with Crippen molar-refractivity contribution in [3.05, 3.63) is 91.0 Å². The molecule has 0 bridgehead atoms. The number of hydrogen-bond donors (Lipinski definition) is 0. The third-order valence-electron chi connectivity index (χ3n) is 14.2. The molecule has 46 heavy (non-hydrogen) atoms. The zero-order valence-corrected chi connectivity index (χ0v) is 30.8. The molecule has 0 aliphatic heterocycles. The number of fused-ring (bicyclic) bond motifs is 5. The first-order chi connectivity index (χ1) is 21.7. The molecule has 0 spiro atoms. The van der Waals surface area contributed by atoms with Gasteiger partial charge in [0.2, 0.25) is 0 Å². The minimum absolute atomic E-state index is 0. The summed E-state index contributed by atoms with van der Waals surface area (Å²) >= 11 is 0. The molecule has 4 heteroatoms. The maximum absolute atomic E-state index is 17.3. The van der Waals surface area contributed by atoms with Gasteiger partial charge in [-0.25, -0.2) is 8.78 Å². The molecule has 0 amide bonds. The van der Waals surface area contributed by atoms with Crippen molar-refractivity contribution < 1.29 is 25.8 Å². The lowest BCUT2D eigenvalue weighted by molar-refractivity contribution is -0.161. The van der Waals surface area contributed by atoms with Crippen molar-refractivity contribution in [3.63, 3.8) is 0 Å². The Morgan fingerprint density at radius 1 is 0.696 bits per heavy atom. The molecule has 9 atom stereocenters. The van der Waals surface area contributed by atoms with Crippen LogP contribution in [0.15, 0.2) is 91.0 Å². The average molecular weight is 708 g/mol. The fourth-order valence-corrected chi connectivity index (χ4v) is 17.5. The molecular weight excluding hydrogens is 653 g/mol. The van der Waals surface area contributed by atoms with Crippen LogP contribution >= 0.6 is 7.26 Å². The van der Waals surface area contributed by atoms with E-state index in [2.05, 4.69) is 100 Å².